The Kier molecular flexibility index (Phi) is 6.66. The number of ether oxygens (including phenoxy) is 1. The monoisotopic (exact) mass is 438 g/mol. The van der Waals surface area contributed by atoms with E-state index in [1.807, 2.05) is 36.0 Å². The number of hydrogen-bond donors (Lipinski definition) is 1. The Labute approximate surface area is 188 Å². The third-order valence-corrected chi connectivity index (χ3v) is 5.97. The van der Waals surface area contributed by atoms with Crippen LogP contribution in [0.2, 0.25) is 0 Å². The number of nitrogens with two attached hydrogens (primary N) is 1. The van der Waals surface area contributed by atoms with E-state index in [0.717, 1.165) is 42.8 Å². The van der Waals surface area contributed by atoms with Crippen molar-refractivity contribution in [3.8, 4) is 11.1 Å². The van der Waals surface area contributed by atoms with E-state index >= 15 is 0 Å². The highest BCUT2D eigenvalue weighted by Crippen LogP contribution is 2.32. The Bertz CT molecular complexity index is 972. The molecule has 0 saturated carbocycles. The number of rotatable bonds is 6. The molecule has 9 nitrogen and oxygen atoms in total. The standard InChI is InChI=1S/C23H30N6O3/c1-27(2)23-25-13-18(16-5-7-17(8-6-16)22(24)31)21(26-23)19-14-29(11-12-32-19)20(30)15-28-9-3-4-10-28/h5-8,13,19H,3-4,9-12,14-15H2,1-2H3,(H2,24,31)/t19-/m0/s1. The molecule has 0 bridgehead atoms. The van der Waals surface area contributed by atoms with Gasteiger partial charge in [0.1, 0.15) is 6.10 Å². The average Bonchev–Trinajstić information content (AvgIpc) is 3.32. The molecule has 0 radical (unpaired) electrons. The second-order valence-electron chi connectivity index (χ2n) is 8.49. The van der Waals surface area contributed by atoms with Gasteiger partial charge in [-0.15, -0.1) is 0 Å². The molecule has 32 heavy (non-hydrogen) atoms. The molecule has 0 spiro atoms. The van der Waals surface area contributed by atoms with Crippen molar-refractivity contribution in [2.75, 3.05) is 58.3 Å². The molecule has 2 aliphatic heterocycles. The molecule has 2 N–H and O–H groups in total. The molecule has 2 amide bonds. The van der Waals surface area contributed by atoms with E-state index in [0.29, 0.717) is 37.8 Å². The minimum atomic E-state index is -0.473. The molecular formula is C23H30N6O3. The fourth-order valence-electron chi connectivity index (χ4n) is 4.16. The van der Waals surface area contributed by atoms with Crippen LogP contribution in [0, 0.1) is 0 Å². The van der Waals surface area contributed by atoms with Crippen molar-refractivity contribution in [1.29, 1.82) is 0 Å². The number of primary amides is 1. The molecule has 9 heteroatoms. The summed E-state index contributed by atoms with van der Waals surface area (Å²) in [5.74, 6) is 0.231. The number of anilines is 1. The lowest BCUT2D eigenvalue weighted by molar-refractivity contribution is -0.140. The summed E-state index contributed by atoms with van der Waals surface area (Å²) in [5.41, 5.74) is 8.21. The predicted octanol–water partition coefficient (Wildman–Crippen LogP) is 1.30. The van der Waals surface area contributed by atoms with Gasteiger partial charge in [-0.1, -0.05) is 12.1 Å². The highest BCUT2D eigenvalue weighted by Gasteiger charge is 2.30. The number of benzene rings is 1. The maximum Gasteiger partial charge on any atom is 0.248 e. The maximum absolute atomic E-state index is 12.9. The molecular weight excluding hydrogens is 408 g/mol. The van der Waals surface area contributed by atoms with Gasteiger partial charge in [-0.3, -0.25) is 14.5 Å². The first kappa shape index (κ1) is 22.2. The molecule has 2 saturated heterocycles. The fraction of sp³-hybridized carbons (Fsp3) is 0.478. The van der Waals surface area contributed by atoms with Crippen LogP contribution in [0.15, 0.2) is 30.5 Å². The van der Waals surface area contributed by atoms with Crippen LogP contribution in [-0.4, -0.2) is 85.0 Å². The number of carbonyl (C=O) groups excluding carboxylic acids is 2. The van der Waals surface area contributed by atoms with Gasteiger partial charge < -0.3 is 20.3 Å². The van der Waals surface area contributed by atoms with Crippen molar-refractivity contribution in [2.24, 2.45) is 5.73 Å². The van der Waals surface area contributed by atoms with Crippen LogP contribution in [0.5, 0.6) is 0 Å². The van der Waals surface area contributed by atoms with Gasteiger partial charge in [-0.2, -0.15) is 0 Å². The first-order valence-electron chi connectivity index (χ1n) is 11.0. The normalized spacial score (nSPS) is 19.2. The minimum Gasteiger partial charge on any atom is -0.368 e. The van der Waals surface area contributed by atoms with E-state index in [9.17, 15) is 9.59 Å². The van der Waals surface area contributed by atoms with Crippen molar-refractivity contribution >= 4 is 17.8 Å². The van der Waals surface area contributed by atoms with E-state index in [1.165, 1.54) is 0 Å². The molecule has 4 rings (SSSR count). The van der Waals surface area contributed by atoms with Crippen LogP contribution in [0.4, 0.5) is 5.95 Å². The predicted molar refractivity (Wildman–Crippen MR) is 121 cm³/mol. The second-order valence-corrected chi connectivity index (χ2v) is 8.49. The summed E-state index contributed by atoms with van der Waals surface area (Å²) in [5, 5.41) is 0. The van der Waals surface area contributed by atoms with Crippen LogP contribution < -0.4 is 10.6 Å². The van der Waals surface area contributed by atoms with Crippen LogP contribution in [0.1, 0.15) is 35.0 Å². The fourth-order valence-corrected chi connectivity index (χ4v) is 4.16. The summed E-state index contributed by atoms with van der Waals surface area (Å²) in [6, 6.07) is 7.04. The highest BCUT2D eigenvalue weighted by atomic mass is 16.5. The van der Waals surface area contributed by atoms with Gasteiger partial charge >= 0.3 is 0 Å². The van der Waals surface area contributed by atoms with E-state index < -0.39 is 5.91 Å². The number of aromatic nitrogens is 2. The van der Waals surface area contributed by atoms with Crippen molar-refractivity contribution in [3.05, 3.63) is 41.7 Å². The Morgan fingerprint density at radius 2 is 1.88 bits per heavy atom. The van der Waals surface area contributed by atoms with Crippen molar-refractivity contribution < 1.29 is 14.3 Å². The lowest BCUT2D eigenvalue weighted by Crippen LogP contribution is -2.46. The number of nitrogens with zero attached hydrogens (tertiary/aromatic N) is 5. The number of carbonyl (C=O) groups is 2. The number of hydrogen-bond acceptors (Lipinski definition) is 7. The molecule has 170 valence electrons. The van der Waals surface area contributed by atoms with Gasteiger partial charge in [0.05, 0.1) is 25.4 Å². The zero-order chi connectivity index (χ0) is 22.7. The van der Waals surface area contributed by atoms with Crippen LogP contribution >= 0.6 is 0 Å². The molecule has 2 aliphatic rings. The quantitative estimate of drug-likeness (QED) is 0.725. The van der Waals surface area contributed by atoms with E-state index in [4.69, 9.17) is 15.5 Å². The Balaban J connectivity index is 1.60. The van der Waals surface area contributed by atoms with E-state index in [-0.39, 0.29) is 12.0 Å². The van der Waals surface area contributed by atoms with Gasteiger partial charge in [-0.25, -0.2) is 9.97 Å². The topological polar surface area (TPSA) is 105 Å². The third kappa shape index (κ3) is 4.89. The molecule has 0 unspecified atom stereocenters. The molecule has 0 aliphatic carbocycles. The summed E-state index contributed by atoms with van der Waals surface area (Å²) in [4.78, 5) is 39.5. The highest BCUT2D eigenvalue weighted by molar-refractivity contribution is 5.93. The van der Waals surface area contributed by atoms with Crippen molar-refractivity contribution in [3.63, 3.8) is 0 Å². The summed E-state index contributed by atoms with van der Waals surface area (Å²) >= 11 is 0. The zero-order valence-electron chi connectivity index (χ0n) is 18.7. The Morgan fingerprint density at radius 3 is 2.53 bits per heavy atom. The maximum atomic E-state index is 12.9. The van der Waals surface area contributed by atoms with E-state index in [2.05, 4.69) is 9.88 Å². The first-order valence-corrected chi connectivity index (χ1v) is 11.0. The molecule has 2 fully saturated rings. The first-order chi connectivity index (χ1) is 15.4. The number of likely N-dealkylation sites (tertiary alicyclic amines) is 1. The third-order valence-electron chi connectivity index (χ3n) is 5.97. The molecule has 2 aromatic rings. The smallest absolute Gasteiger partial charge is 0.248 e. The van der Waals surface area contributed by atoms with Gasteiger partial charge in [0.25, 0.3) is 0 Å². The van der Waals surface area contributed by atoms with Crippen LogP contribution in [0.25, 0.3) is 11.1 Å². The Morgan fingerprint density at radius 1 is 1.16 bits per heavy atom. The number of amides is 2. The molecule has 1 aromatic carbocycles. The lowest BCUT2D eigenvalue weighted by Gasteiger charge is -2.34. The lowest BCUT2D eigenvalue weighted by atomic mass is 10.00. The SMILES string of the molecule is CN(C)c1ncc(-c2ccc(C(N)=O)cc2)c([C@@H]2CN(C(=O)CN3CCCC3)CCO2)n1. The summed E-state index contributed by atoms with van der Waals surface area (Å²) in [6.07, 6.45) is 3.72. The van der Waals surface area contributed by atoms with Crippen LogP contribution in [0.3, 0.4) is 0 Å². The van der Waals surface area contributed by atoms with Gasteiger partial charge in [-0.05, 0) is 43.6 Å². The second kappa shape index (κ2) is 9.62. The average molecular weight is 439 g/mol. The molecule has 3 heterocycles. The Hall–Kier alpha value is -3.04. The molecule has 1 atom stereocenters. The number of morpholine rings is 1. The zero-order valence-corrected chi connectivity index (χ0v) is 18.7. The van der Waals surface area contributed by atoms with Crippen LogP contribution in [-0.2, 0) is 9.53 Å². The van der Waals surface area contributed by atoms with E-state index in [1.54, 1.807) is 18.3 Å². The van der Waals surface area contributed by atoms with Gasteiger partial charge in [0.15, 0.2) is 0 Å². The van der Waals surface area contributed by atoms with Crippen molar-refractivity contribution in [1.82, 2.24) is 19.8 Å². The molecule has 1 aromatic heterocycles. The minimum absolute atomic E-state index is 0.134. The van der Waals surface area contributed by atoms with Crippen molar-refractivity contribution in [2.45, 2.75) is 18.9 Å². The largest absolute Gasteiger partial charge is 0.368 e. The van der Waals surface area contributed by atoms with Gasteiger partial charge in [0, 0.05) is 38.0 Å². The van der Waals surface area contributed by atoms with Gasteiger partial charge in [0.2, 0.25) is 17.8 Å². The summed E-state index contributed by atoms with van der Waals surface area (Å²) in [7, 11) is 3.77. The summed E-state index contributed by atoms with van der Waals surface area (Å²) < 4.78 is 6.08. The summed E-state index contributed by atoms with van der Waals surface area (Å²) in [6.45, 7) is 3.92.